The van der Waals surface area contributed by atoms with Crippen molar-refractivity contribution in [3.8, 4) is 17.1 Å². The summed E-state index contributed by atoms with van der Waals surface area (Å²) in [4.78, 5) is 16.5. The lowest BCUT2D eigenvalue weighted by Gasteiger charge is -2.11. The molecule has 4 rings (SSSR count). The Hall–Kier alpha value is -3.59. The van der Waals surface area contributed by atoms with Crippen LogP contribution in [0.3, 0.4) is 0 Å². The molecule has 3 aromatic heterocycles. The molecule has 146 valence electrons. The van der Waals surface area contributed by atoms with Crippen LogP contribution in [0.4, 0.5) is 5.69 Å². The van der Waals surface area contributed by atoms with Gasteiger partial charge in [0.25, 0.3) is 0 Å². The van der Waals surface area contributed by atoms with Gasteiger partial charge in [-0.3, -0.25) is 14.5 Å². The average molecular weight is 406 g/mol. The second-order valence-corrected chi connectivity index (χ2v) is 6.93. The smallest absolute Gasteiger partial charge is 0.234 e. The normalized spacial score (nSPS) is 10.7. The Labute approximate surface area is 171 Å². The van der Waals surface area contributed by atoms with Gasteiger partial charge >= 0.3 is 0 Å². The maximum atomic E-state index is 12.4. The number of anilines is 1. The van der Waals surface area contributed by atoms with E-state index in [1.54, 1.807) is 43.8 Å². The second-order valence-electron chi connectivity index (χ2n) is 5.99. The average Bonchev–Trinajstić information content (AvgIpc) is 3.43. The molecule has 29 heavy (non-hydrogen) atoms. The van der Waals surface area contributed by atoms with Crippen molar-refractivity contribution in [3.63, 3.8) is 0 Å². The van der Waals surface area contributed by atoms with Gasteiger partial charge in [0.1, 0.15) is 5.75 Å². The number of hydrogen-bond acceptors (Lipinski definition) is 6. The van der Waals surface area contributed by atoms with Gasteiger partial charge in [0.2, 0.25) is 11.1 Å². The number of pyridine rings is 1. The molecule has 0 aliphatic heterocycles. The van der Waals surface area contributed by atoms with Crippen LogP contribution in [-0.4, -0.2) is 43.3 Å². The van der Waals surface area contributed by atoms with Crippen LogP contribution in [0.2, 0.25) is 0 Å². The Balaban J connectivity index is 1.51. The number of benzene rings is 1. The van der Waals surface area contributed by atoms with E-state index in [9.17, 15) is 4.79 Å². The first-order chi connectivity index (χ1) is 14.2. The van der Waals surface area contributed by atoms with Crippen LogP contribution in [0.25, 0.3) is 11.4 Å². The Morgan fingerprint density at radius 1 is 1.10 bits per heavy atom. The van der Waals surface area contributed by atoms with E-state index in [1.165, 1.54) is 11.8 Å². The molecular formula is C20H18N6O2S. The molecule has 0 aliphatic rings. The van der Waals surface area contributed by atoms with Crippen molar-refractivity contribution in [2.24, 2.45) is 0 Å². The molecule has 0 atom stereocenters. The van der Waals surface area contributed by atoms with Gasteiger partial charge in [0, 0.05) is 36.0 Å². The van der Waals surface area contributed by atoms with Crippen LogP contribution in [0.1, 0.15) is 0 Å². The summed E-state index contributed by atoms with van der Waals surface area (Å²) in [6.07, 6.45) is 7.23. The van der Waals surface area contributed by atoms with Crippen molar-refractivity contribution in [2.45, 2.75) is 5.16 Å². The number of methoxy groups -OCH3 is 1. The highest BCUT2D eigenvalue weighted by molar-refractivity contribution is 7.99. The number of amides is 1. The summed E-state index contributed by atoms with van der Waals surface area (Å²) in [5.74, 6) is 1.44. The number of rotatable bonds is 7. The summed E-state index contributed by atoms with van der Waals surface area (Å²) < 4.78 is 8.84. The molecule has 8 nitrogen and oxygen atoms in total. The molecule has 1 aromatic carbocycles. The van der Waals surface area contributed by atoms with E-state index in [4.69, 9.17) is 4.74 Å². The predicted octanol–water partition coefficient (Wildman–Crippen LogP) is 3.19. The molecular weight excluding hydrogens is 388 g/mol. The minimum atomic E-state index is -0.134. The zero-order valence-electron chi connectivity index (χ0n) is 15.6. The summed E-state index contributed by atoms with van der Waals surface area (Å²) >= 11 is 1.31. The van der Waals surface area contributed by atoms with Gasteiger partial charge in [-0.15, -0.1) is 10.2 Å². The highest BCUT2D eigenvalue weighted by atomic mass is 32.2. The zero-order chi connectivity index (χ0) is 20.1. The van der Waals surface area contributed by atoms with E-state index >= 15 is 0 Å². The summed E-state index contributed by atoms with van der Waals surface area (Å²) in [5, 5.41) is 12.1. The van der Waals surface area contributed by atoms with Crippen LogP contribution in [-0.2, 0) is 4.79 Å². The number of nitrogens with zero attached hydrogens (tertiary/aromatic N) is 5. The maximum Gasteiger partial charge on any atom is 0.234 e. The van der Waals surface area contributed by atoms with E-state index in [-0.39, 0.29) is 11.7 Å². The third-order valence-electron chi connectivity index (χ3n) is 4.06. The van der Waals surface area contributed by atoms with E-state index in [2.05, 4.69) is 20.5 Å². The van der Waals surface area contributed by atoms with Gasteiger partial charge in [-0.1, -0.05) is 11.8 Å². The van der Waals surface area contributed by atoms with Gasteiger partial charge in [-0.25, -0.2) is 4.68 Å². The standard InChI is InChI=1S/C20H18N6O2S/c1-28-17-8-6-16(7-9-17)22-18(27)14-29-20-24-23-19(15-5-4-10-21-13-15)26(20)25-11-2-3-12-25/h2-13H,14H2,1H3,(H,22,27). The monoisotopic (exact) mass is 406 g/mol. The van der Waals surface area contributed by atoms with Crippen LogP contribution in [0.5, 0.6) is 5.75 Å². The van der Waals surface area contributed by atoms with Gasteiger partial charge < -0.3 is 10.1 Å². The quantitative estimate of drug-likeness (QED) is 0.474. The highest BCUT2D eigenvalue weighted by Crippen LogP contribution is 2.24. The van der Waals surface area contributed by atoms with Crippen molar-refractivity contribution < 1.29 is 9.53 Å². The molecule has 0 saturated heterocycles. The lowest BCUT2D eigenvalue weighted by molar-refractivity contribution is -0.113. The SMILES string of the molecule is COc1ccc(NC(=O)CSc2nnc(-c3cccnc3)n2-n2cccc2)cc1. The van der Waals surface area contributed by atoms with E-state index < -0.39 is 0 Å². The molecule has 1 amide bonds. The Kier molecular flexibility index (Phi) is 5.57. The fourth-order valence-corrected chi connectivity index (χ4v) is 3.43. The van der Waals surface area contributed by atoms with Crippen molar-refractivity contribution in [2.75, 3.05) is 18.2 Å². The Morgan fingerprint density at radius 2 is 1.90 bits per heavy atom. The predicted molar refractivity (Wildman–Crippen MR) is 111 cm³/mol. The molecule has 0 aliphatic carbocycles. The van der Waals surface area contributed by atoms with Crippen LogP contribution in [0.15, 0.2) is 78.5 Å². The molecule has 0 radical (unpaired) electrons. The zero-order valence-corrected chi connectivity index (χ0v) is 16.4. The van der Waals surface area contributed by atoms with E-state index in [0.717, 1.165) is 11.3 Å². The first kappa shape index (κ1) is 18.8. The lowest BCUT2D eigenvalue weighted by Crippen LogP contribution is -2.15. The molecule has 1 N–H and O–H groups in total. The highest BCUT2D eigenvalue weighted by Gasteiger charge is 2.17. The minimum Gasteiger partial charge on any atom is -0.497 e. The number of aromatic nitrogens is 5. The van der Waals surface area contributed by atoms with Gasteiger partial charge in [0.05, 0.1) is 12.9 Å². The number of hydrogen-bond donors (Lipinski definition) is 1. The lowest BCUT2D eigenvalue weighted by atomic mass is 10.3. The number of carbonyl (C=O) groups is 1. The molecule has 0 saturated carbocycles. The molecule has 0 spiro atoms. The van der Waals surface area contributed by atoms with Crippen molar-refractivity contribution in [1.29, 1.82) is 0 Å². The van der Waals surface area contributed by atoms with Crippen molar-refractivity contribution in [3.05, 3.63) is 73.3 Å². The molecule has 3 heterocycles. The number of thioether (sulfide) groups is 1. The third kappa shape index (κ3) is 4.30. The van der Waals surface area contributed by atoms with Crippen molar-refractivity contribution >= 4 is 23.4 Å². The third-order valence-corrected chi connectivity index (χ3v) is 4.98. The molecule has 0 bridgehead atoms. The van der Waals surface area contributed by atoms with Crippen LogP contribution >= 0.6 is 11.8 Å². The summed E-state index contributed by atoms with van der Waals surface area (Å²) in [7, 11) is 1.60. The summed E-state index contributed by atoms with van der Waals surface area (Å²) in [6.45, 7) is 0. The maximum absolute atomic E-state index is 12.4. The Morgan fingerprint density at radius 3 is 2.59 bits per heavy atom. The molecule has 4 aromatic rings. The minimum absolute atomic E-state index is 0.134. The molecule has 9 heteroatoms. The Bertz CT molecular complexity index is 1080. The first-order valence-electron chi connectivity index (χ1n) is 8.81. The topological polar surface area (TPSA) is 86.9 Å². The van der Waals surface area contributed by atoms with Gasteiger partial charge in [-0.2, -0.15) is 0 Å². The summed E-state index contributed by atoms with van der Waals surface area (Å²) in [6, 6.07) is 14.8. The van der Waals surface area contributed by atoms with E-state index in [1.807, 2.05) is 46.0 Å². The van der Waals surface area contributed by atoms with Gasteiger partial charge in [0.15, 0.2) is 5.82 Å². The van der Waals surface area contributed by atoms with E-state index in [0.29, 0.717) is 16.7 Å². The molecule has 0 unspecified atom stereocenters. The largest absolute Gasteiger partial charge is 0.497 e. The summed E-state index contributed by atoms with van der Waals surface area (Å²) in [5.41, 5.74) is 1.54. The molecule has 0 fully saturated rings. The fourth-order valence-electron chi connectivity index (χ4n) is 2.70. The fraction of sp³-hybridized carbons (Fsp3) is 0.100. The van der Waals surface area contributed by atoms with Crippen molar-refractivity contribution in [1.82, 2.24) is 24.5 Å². The van der Waals surface area contributed by atoms with Gasteiger partial charge in [-0.05, 0) is 48.5 Å². The second kappa shape index (κ2) is 8.61. The number of nitrogens with one attached hydrogen (secondary N) is 1. The first-order valence-corrected chi connectivity index (χ1v) is 9.79. The van der Waals surface area contributed by atoms with Crippen LogP contribution < -0.4 is 10.1 Å². The van der Waals surface area contributed by atoms with Crippen LogP contribution in [0, 0.1) is 0 Å². The number of carbonyl (C=O) groups excluding carboxylic acids is 1. The number of ether oxygens (including phenoxy) is 1.